The second-order valence-corrected chi connectivity index (χ2v) is 3.73. The fourth-order valence-corrected chi connectivity index (χ4v) is 1.58. The van der Waals surface area contributed by atoms with Gasteiger partial charge in [-0.2, -0.15) is 0 Å². The molecule has 1 aromatic carbocycles. The number of para-hydroxylation sites is 2. The molecule has 1 aromatic heterocycles. The van der Waals surface area contributed by atoms with E-state index in [1.165, 1.54) is 19.2 Å². The number of aromatic nitrogens is 3. The van der Waals surface area contributed by atoms with Gasteiger partial charge >= 0.3 is 11.9 Å². The lowest BCUT2D eigenvalue weighted by Crippen LogP contribution is -2.44. The van der Waals surface area contributed by atoms with Gasteiger partial charge < -0.3 is 15.2 Å². The van der Waals surface area contributed by atoms with Crippen LogP contribution < -0.4 is 14.9 Å². The van der Waals surface area contributed by atoms with Crippen molar-refractivity contribution in [3.05, 3.63) is 34.7 Å². The first-order valence-electron chi connectivity index (χ1n) is 5.56. The molecule has 100 valence electrons. The maximum atomic E-state index is 11.9. The van der Waals surface area contributed by atoms with Crippen LogP contribution in [0.25, 0.3) is 11.0 Å². The predicted molar refractivity (Wildman–Crippen MR) is 64.8 cm³/mol. The molecule has 2 rings (SSSR count). The minimum atomic E-state index is -0.416. The molecule has 0 saturated carbocycles. The predicted octanol–water partition coefficient (Wildman–Crippen LogP) is -0.523. The van der Waals surface area contributed by atoms with Gasteiger partial charge in [-0.15, -0.1) is 0 Å². The van der Waals surface area contributed by atoms with E-state index in [0.29, 0.717) is 9.58 Å². The zero-order chi connectivity index (χ0) is 13.8. The summed E-state index contributed by atoms with van der Waals surface area (Å²) in [6, 6.07) is 6.31. The molecule has 0 aliphatic carbocycles. The number of methoxy groups -OCH3 is 1. The smallest absolute Gasteiger partial charge is 0.460 e. The summed E-state index contributed by atoms with van der Waals surface area (Å²) < 4.78 is 4.98. The molecule has 0 saturated heterocycles. The highest BCUT2D eigenvalue weighted by molar-refractivity contribution is 5.70. The van der Waals surface area contributed by atoms with Crippen molar-refractivity contribution in [2.24, 2.45) is 0 Å². The number of rotatable bonds is 4. The monoisotopic (exact) mass is 264 g/mol. The SMILES string of the molecule is COC(=O)CCNc1n[n+]([O-])c2ccccc2[n+]1[O-]. The summed E-state index contributed by atoms with van der Waals surface area (Å²) in [6.45, 7) is 0.153. The van der Waals surface area contributed by atoms with Crippen LogP contribution in [0.3, 0.4) is 0 Å². The average Bonchev–Trinajstić information content (AvgIpc) is 2.44. The van der Waals surface area contributed by atoms with Crippen molar-refractivity contribution in [1.29, 1.82) is 0 Å². The van der Waals surface area contributed by atoms with Gasteiger partial charge in [0.05, 0.1) is 20.1 Å². The van der Waals surface area contributed by atoms with Crippen LogP contribution in [-0.2, 0) is 9.53 Å². The van der Waals surface area contributed by atoms with Crippen molar-refractivity contribution in [1.82, 2.24) is 5.10 Å². The van der Waals surface area contributed by atoms with Crippen molar-refractivity contribution in [2.45, 2.75) is 6.42 Å². The Hall–Kier alpha value is -2.64. The number of hydrogen-bond acceptors (Lipinski definition) is 6. The molecular weight excluding hydrogens is 252 g/mol. The second-order valence-electron chi connectivity index (χ2n) is 3.73. The molecule has 0 unspecified atom stereocenters. The van der Waals surface area contributed by atoms with Crippen LogP contribution in [-0.4, -0.2) is 24.7 Å². The highest BCUT2D eigenvalue weighted by atomic mass is 16.5. The Morgan fingerprint density at radius 1 is 1.37 bits per heavy atom. The van der Waals surface area contributed by atoms with E-state index in [1.54, 1.807) is 12.1 Å². The van der Waals surface area contributed by atoms with E-state index in [-0.39, 0.29) is 29.9 Å². The third-order valence-corrected chi connectivity index (χ3v) is 2.52. The van der Waals surface area contributed by atoms with Crippen molar-refractivity contribution < 1.29 is 19.1 Å². The summed E-state index contributed by atoms with van der Waals surface area (Å²) in [5.74, 6) is -0.571. The molecule has 0 spiro atoms. The molecule has 2 aromatic rings. The highest BCUT2D eigenvalue weighted by Gasteiger charge is 2.19. The summed E-state index contributed by atoms with van der Waals surface area (Å²) in [4.78, 5) is 11.3. The van der Waals surface area contributed by atoms with Crippen LogP contribution in [0.4, 0.5) is 5.95 Å². The maximum absolute atomic E-state index is 11.9. The number of nitrogens with one attached hydrogen (secondary N) is 1. The van der Waals surface area contributed by atoms with Gasteiger partial charge in [0, 0.05) is 10.9 Å². The van der Waals surface area contributed by atoms with Gasteiger partial charge in [0.15, 0.2) is 5.52 Å². The zero-order valence-corrected chi connectivity index (χ0v) is 10.2. The van der Waals surface area contributed by atoms with E-state index in [2.05, 4.69) is 15.2 Å². The Morgan fingerprint density at radius 2 is 2.05 bits per heavy atom. The Labute approximate surface area is 108 Å². The summed E-state index contributed by atoms with van der Waals surface area (Å²) in [7, 11) is 1.27. The van der Waals surface area contributed by atoms with E-state index in [0.717, 1.165) is 0 Å². The van der Waals surface area contributed by atoms with Gasteiger partial charge in [0.2, 0.25) is 5.10 Å². The zero-order valence-electron chi connectivity index (χ0n) is 10.2. The Balaban J connectivity index is 2.24. The molecule has 0 amide bonds. The first-order chi connectivity index (χ1) is 9.13. The van der Waals surface area contributed by atoms with Gasteiger partial charge in [-0.05, 0) is 6.07 Å². The number of carbonyl (C=O) groups excluding carboxylic acids is 1. The minimum absolute atomic E-state index is 0.0733. The third kappa shape index (κ3) is 2.62. The van der Waals surface area contributed by atoms with Crippen molar-refractivity contribution in [3.63, 3.8) is 0 Å². The van der Waals surface area contributed by atoms with Crippen LogP contribution in [0.2, 0.25) is 0 Å². The standard InChI is InChI=1S/C11H12N4O4/c1-19-10(16)6-7-12-11-13-15(18)9-5-3-2-4-8(9)14(11)17/h2-5H,6-7H2,1H3,(H,12,13). The molecule has 1 heterocycles. The van der Waals surface area contributed by atoms with Crippen LogP contribution in [0.1, 0.15) is 6.42 Å². The van der Waals surface area contributed by atoms with Crippen LogP contribution in [0.5, 0.6) is 0 Å². The fraction of sp³-hybridized carbons (Fsp3) is 0.273. The molecule has 0 atom stereocenters. The molecule has 1 N–H and O–H groups in total. The maximum Gasteiger partial charge on any atom is 0.460 e. The number of benzene rings is 1. The Morgan fingerprint density at radius 3 is 2.74 bits per heavy atom. The lowest BCUT2D eigenvalue weighted by Gasteiger charge is -2.09. The molecule has 19 heavy (non-hydrogen) atoms. The van der Waals surface area contributed by atoms with E-state index in [9.17, 15) is 15.2 Å². The summed E-state index contributed by atoms with van der Waals surface area (Å²) in [5.41, 5.74) is 0.379. The molecular formula is C11H12N4O4. The van der Waals surface area contributed by atoms with Crippen LogP contribution >= 0.6 is 0 Å². The highest BCUT2D eigenvalue weighted by Crippen LogP contribution is 2.05. The van der Waals surface area contributed by atoms with Gasteiger partial charge in [-0.25, -0.2) is 4.73 Å². The third-order valence-electron chi connectivity index (χ3n) is 2.52. The number of nitrogens with zero attached hydrogens (tertiary/aromatic N) is 3. The van der Waals surface area contributed by atoms with E-state index >= 15 is 0 Å². The summed E-state index contributed by atoms with van der Waals surface area (Å²) in [5, 5.41) is 29.8. The molecule has 8 heteroatoms. The number of anilines is 1. The first kappa shape index (κ1) is 12.8. The average molecular weight is 264 g/mol. The van der Waals surface area contributed by atoms with Crippen LogP contribution in [0, 0.1) is 10.4 Å². The largest absolute Gasteiger partial charge is 0.739 e. The summed E-state index contributed by atoms with van der Waals surface area (Å²) in [6.07, 6.45) is 0.0733. The van der Waals surface area contributed by atoms with Crippen molar-refractivity contribution >= 4 is 23.0 Å². The topological polar surface area (TPSA) is 105 Å². The Bertz CT molecular complexity index is 617. The van der Waals surface area contributed by atoms with Gasteiger partial charge in [0.1, 0.15) is 0 Å². The van der Waals surface area contributed by atoms with E-state index in [1.807, 2.05) is 0 Å². The quantitative estimate of drug-likeness (QED) is 0.452. The fourth-order valence-electron chi connectivity index (χ4n) is 1.58. The number of fused-ring (bicyclic) bond motifs is 1. The number of ether oxygens (including phenoxy) is 1. The van der Waals surface area contributed by atoms with Crippen molar-refractivity contribution in [3.8, 4) is 0 Å². The lowest BCUT2D eigenvalue weighted by atomic mass is 10.3. The second kappa shape index (κ2) is 5.34. The lowest BCUT2D eigenvalue weighted by molar-refractivity contribution is -0.672. The molecule has 0 bridgehead atoms. The van der Waals surface area contributed by atoms with Crippen molar-refractivity contribution in [2.75, 3.05) is 19.0 Å². The van der Waals surface area contributed by atoms with Gasteiger partial charge in [-0.3, -0.25) is 10.1 Å². The number of carbonyl (C=O) groups is 1. The molecule has 0 radical (unpaired) electrons. The molecule has 0 aliphatic rings. The van der Waals surface area contributed by atoms with Gasteiger partial charge in [0.25, 0.3) is 5.52 Å². The molecule has 8 nitrogen and oxygen atoms in total. The minimum Gasteiger partial charge on any atom is -0.739 e. The molecule has 0 aliphatic heterocycles. The normalized spacial score (nSPS) is 10.4. The molecule has 0 fully saturated rings. The number of esters is 1. The van der Waals surface area contributed by atoms with Crippen LogP contribution in [0.15, 0.2) is 24.3 Å². The number of hydrogen-bond donors (Lipinski definition) is 1. The van der Waals surface area contributed by atoms with Gasteiger partial charge in [-0.1, -0.05) is 12.1 Å². The van der Waals surface area contributed by atoms with E-state index < -0.39 is 5.97 Å². The first-order valence-corrected chi connectivity index (χ1v) is 5.56. The summed E-state index contributed by atoms with van der Waals surface area (Å²) >= 11 is 0. The van der Waals surface area contributed by atoms with E-state index in [4.69, 9.17) is 0 Å². The Kier molecular flexibility index (Phi) is 3.60.